The molecule has 0 saturated carbocycles. The Hall–Kier alpha value is -1.41. The van der Waals surface area contributed by atoms with Gasteiger partial charge in [0.2, 0.25) is 0 Å². The van der Waals surface area contributed by atoms with Crippen molar-refractivity contribution in [2.45, 2.75) is 12.6 Å². The Kier molecular flexibility index (Phi) is 4.14. The monoisotopic (exact) mass is 305 g/mol. The molecule has 1 atom stereocenters. The third kappa shape index (κ3) is 3.01. The molecule has 1 unspecified atom stereocenters. The van der Waals surface area contributed by atoms with Crippen molar-refractivity contribution < 1.29 is 18.3 Å². The van der Waals surface area contributed by atoms with Gasteiger partial charge in [0.1, 0.15) is 16.5 Å². The van der Waals surface area contributed by atoms with Gasteiger partial charge in [0.05, 0.1) is 5.56 Å². The van der Waals surface area contributed by atoms with Gasteiger partial charge >= 0.3 is 6.18 Å². The van der Waals surface area contributed by atoms with Crippen LogP contribution in [0.3, 0.4) is 0 Å². The summed E-state index contributed by atoms with van der Waals surface area (Å²) in [5.74, 6) is 0.175. The van der Waals surface area contributed by atoms with E-state index in [0.29, 0.717) is 25.1 Å². The van der Waals surface area contributed by atoms with E-state index in [1.807, 2.05) is 0 Å². The van der Waals surface area contributed by atoms with Crippen LogP contribution in [0.25, 0.3) is 0 Å². The summed E-state index contributed by atoms with van der Waals surface area (Å²) in [6.07, 6.45) is -3.81. The Labute approximate surface area is 119 Å². The van der Waals surface area contributed by atoms with Crippen LogP contribution in [0.1, 0.15) is 17.7 Å². The fourth-order valence-corrected chi connectivity index (χ4v) is 2.37. The van der Waals surface area contributed by atoms with Gasteiger partial charge < -0.3 is 15.7 Å². The average molecular weight is 305 g/mol. The lowest BCUT2D eigenvalue weighted by molar-refractivity contribution is -0.141. The van der Waals surface area contributed by atoms with Crippen molar-refractivity contribution in [3.8, 4) is 0 Å². The molecule has 8 heteroatoms. The second-order valence-corrected chi connectivity index (χ2v) is 5.15. The summed E-state index contributed by atoms with van der Waals surface area (Å²) in [6, 6.07) is 2.12. The predicted octanol–water partition coefficient (Wildman–Crippen LogP) is 1.55. The summed E-state index contributed by atoms with van der Waals surface area (Å²) in [5, 5.41) is 9.12. The molecule has 0 radical (unpaired) electrons. The van der Waals surface area contributed by atoms with E-state index in [-0.39, 0.29) is 23.3 Å². The number of aromatic nitrogens is 1. The predicted molar refractivity (Wildman–Crippen MR) is 72.5 cm³/mol. The average Bonchev–Trinajstić information content (AvgIpc) is 2.85. The zero-order valence-corrected chi connectivity index (χ0v) is 11.3. The molecule has 2 heterocycles. The number of nitrogens with zero attached hydrogens (tertiary/aromatic N) is 2. The summed E-state index contributed by atoms with van der Waals surface area (Å²) in [6.45, 7) is 0.966. The molecule has 0 aromatic carbocycles. The molecule has 4 nitrogen and oxygen atoms in total. The Balaban J connectivity index is 2.40. The number of hydrogen-bond acceptors (Lipinski definition) is 4. The zero-order chi connectivity index (χ0) is 14.9. The van der Waals surface area contributed by atoms with Crippen molar-refractivity contribution in [2.24, 2.45) is 11.7 Å². The second kappa shape index (κ2) is 5.53. The first-order chi connectivity index (χ1) is 9.32. The van der Waals surface area contributed by atoms with Crippen molar-refractivity contribution in [2.75, 3.05) is 24.6 Å². The van der Waals surface area contributed by atoms with Crippen molar-refractivity contribution in [1.82, 2.24) is 4.98 Å². The molecule has 3 N–H and O–H groups in total. The second-order valence-electron chi connectivity index (χ2n) is 4.71. The lowest BCUT2D eigenvalue weighted by atomic mass is 10.1. The number of rotatable bonds is 3. The summed E-state index contributed by atoms with van der Waals surface area (Å²) in [7, 11) is 0. The number of aliphatic hydroxyl groups is 1. The van der Waals surface area contributed by atoms with Gasteiger partial charge in [-0.25, -0.2) is 4.98 Å². The third-order valence-corrected chi connectivity index (χ3v) is 3.49. The number of anilines is 1. The van der Waals surface area contributed by atoms with E-state index in [1.165, 1.54) is 6.07 Å². The van der Waals surface area contributed by atoms with Gasteiger partial charge in [-0.15, -0.1) is 0 Å². The smallest absolute Gasteiger partial charge is 0.396 e. The molecular weight excluding hydrogens is 291 g/mol. The minimum atomic E-state index is -4.51. The normalized spacial score (nSPS) is 19.4. The molecule has 1 aromatic heterocycles. The maximum absolute atomic E-state index is 12.7. The van der Waals surface area contributed by atoms with Crippen molar-refractivity contribution >= 4 is 23.0 Å². The Bertz CT molecular complexity index is 521. The van der Waals surface area contributed by atoms with Gasteiger partial charge in [-0.1, -0.05) is 12.2 Å². The number of nitrogens with two attached hydrogens (primary N) is 1. The minimum absolute atomic E-state index is 0.00212. The van der Waals surface area contributed by atoms with E-state index < -0.39 is 11.9 Å². The van der Waals surface area contributed by atoms with Gasteiger partial charge in [-0.2, -0.15) is 13.2 Å². The molecule has 1 saturated heterocycles. The molecule has 0 bridgehead atoms. The highest BCUT2D eigenvalue weighted by atomic mass is 32.1. The van der Waals surface area contributed by atoms with Crippen molar-refractivity contribution in [3.05, 3.63) is 23.4 Å². The summed E-state index contributed by atoms with van der Waals surface area (Å²) in [4.78, 5) is 5.36. The molecule has 1 aliphatic heterocycles. The van der Waals surface area contributed by atoms with E-state index in [4.69, 9.17) is 23.1 Å². The lowest BCUT2D eigenvalue weighted by Gasteiger charge is -2.21. The first kappa shape index (κ1) is 15.0. The quantitative estimate of drug-likeness (QED) is 0.830. The molecule has 1 fully saturated rings. The minimum Gasteiger partial charge on any atom is -0.396 e. The first-order valence-electron chi connectivity index (χ1n) is 6.06. The van der Waals surface area contributed by atoms with Gasteiger partial charge in [-0.3, -0.25) is 0 Å². The first-order valence-corrected chi connectivity index (χ1v) is 6.47. The number of thiocarbonyl (C=S) groups is 1. The van der Waals surface area contributed by atoms with Gasteiger partial charge in [0.25, 0.3) is 0 Å². The highest BCUT2D eigenvalue weighted by Crippen LogP contribution is 2.32. The maximum Gasteiger partial charge on any atom is 0.433 e. The highest BCUT2D eigenvalue weighted by Gasteiger charge is 2.34. The standard InChI is InChI=1S/C12H14F3N3OS/c13-12(14,15)9-2-1-8(10(16)20)11(17-9)18-4-3-7(5-18)6-19/h1-2,7,19H,3-6H2,(H2,16,20). The fraction of sp³-hybridized carbons (Fsp3) is 0.500. The highest BCUT2D eigenvalue weighted by molar-refractivity contribution is 7.80. The summed E-state index contributed by atoms with van der Waals surface area (Å²) < 4.78 is 38.2. The van der Waals surface area contributed by atoms with Crippen LogP contribution < -0.4 is 10.6 Å². The maximum atomic E-state index is 12.7. The van der Waals surface area contributed by atoms with Crippen LogP contribution in [-0.4, -0.2) is 34.8 Å². The number of pyridine rings is 1. The van der Waals surface area contributed by atoms with Crippen LogP contribution in [0.5, 0.6) is 0 Å². The zero-order valence-electron chi connectivity index (χ0n) is 10.5. The van der Waals surface area contributed by atoms with E-state index in [0.717, 1.165) is 6.07 Å². The SMILES string of the molecule is NC(=S)c1ccc(C(F)(F)F)nc1N1CCC(CO)C1. The molecule has 110 valence electrons. The van der Waals surface area contributed by atoms with Gasteiger partial charge in [-0.05, 0) is 18.6 Å². The molecule has 0 amide bonds. The van der Waals surface area contributed by atoms with Crippen LogP contribution in [-0.2, 0) is 6.18 Å². The molecular formula is C12H14F3N3OS. The van der Waals surface area contributed by atoms with E-state index >= 15 is 0 Å². The molecule has 0 spiro atoms. The number of hydrogen-bond donors (Lipinski definition) is 2. The van der Waals surface area contributed by atoms with Gasteiger partial charge in [0, 0.05) is 25.6 Å². The van der Waals surface area contributed by atoms with E-state index in [9.17, 15) is 13.2 Å². The molecule has 1 aliphatic rings. The Morgan fingerprint density at radius 3 is 2.70 bits per heavy atom. The lowest BCUT2D eigenvalue weighted by Crippen LogP contribution is -2.27. The van der Waals surface area contributed by atoms with Crippen LogP contribution in [0.15, 0.2) is 12.1 Å². The summed E-state index contributed by atoms with van der Waals surface area (Å²) >= 11 is 4.86. The molecule has 0 aliphatic carbocycles. The third-order valence-electron chi connectivity index (χ3n) is 3.27. The van der Waals surface area contributed by atoms with Crippen LogP contribution >= 0.6 is 12.2 Å². The van der Waals surface area contributed by atoms with E-state index in [1.54, 1.807) is 4.90 Å². The van der Waals surface area contributed by atoms with Crippen LogP contribution in [0.4, 0.5) is 19.0 Å². The number of aliphatic hydroxyl groups excluding tert-OH is 1. The Morgan fingerprint density at radius 2 is 2.20 bits per heavy atom. The number of halogens is 3. The van der Waals surface area contributed by atoms with Crippen LogP contribution in [0.2, 0.25) is 0 Å². The summed E-state index contributed by atoms with van der Waals surface area (Å²) in [5.41, 5.74) is 4.90. The van der Waals surface area contributed by atoms with E-state index in [2.05, 4.69) is 4.98 Å². The van der Waals surface area contributed by atoms with Crippen molar-refractivity contribution in [3.63, 3.8) is 0 Å². The molecule has 1 aromatic rings. The van der Waals surface area contributed by atoms with Crippen LogP contribution in [0, 0.1) is 5.92 Å². The van der Waals surface area contributed by atoms with Gasteiger partial charge in [0.15, 0.2) is 0 Å². The Morgan fingerprint density at radius 1 is 1.50 bits per heavy atom. The molecule has 20 heavy (non-hydrogen) atoms. The van der Waals surface area contributed by atoms with Crippen molar-refractivity contribution in [1.29, 1.82) is 0 Å². The fourth-order valence-electron chi connectivity index (χ4n) is 2.21. The largest absolute Gasteiger partial charge is 0.433 e. The molecule has 2 rings (SSSR count). The number of alkyl halides is 3. The topological polar surface area (TPSA) is 62.4 Å².